The number of nitrogens with zero attached hydrogens (tertiary/aromatic N) is 2. The Labute approximate surface area is 192 Å². The molecule has 2 amide bonds. The van der Waals surface area contributed by atoms with Crippen LogP contribution < -0.4 is 10.6 Å². The summed E-state index contributed by atoms with van der Waals surface area (Å²) in [6.45, 7) is 10.7. The number of rotatable bonds is 10. The van der Waals surface area contributed by atoms with Crippen molar-refractivity contribution in [2.75, 3.05) is 5.32 Å². The average Bonchev–Trinajstić information content (AvgIpc) is 3.05. The van der Waals surface area contributed by atoms with E-state index < -0.39 is 29.5 Å². The monoisotopic (exact) mass is 466 g/mol. The molecular weight excluding hydrogens is 434 g/mol. The zero-order valence-electron chi connectivity index (χ0n) is 19.3. The maximum atomic E-state index is 13.3. The number of halogens is 2. The van der Waals surface area contributed by atoms with Gasteiger partial charge in [-0.1, -0.05) is 52.4 Å². The van der Waals surface area contributed by atoms with Crippen molar-refractivity contribution in [3.05, 3.63) is 40.4 Å². The standard InChI is InChI=1S/C23H32F2N4O2S/c1-6-7-18(26-19(30)11-15-9-16(24)12-17(25)10-15)21(31)27-22-29-28-20(32-22)8-14(2)13-23(3,4)5/h9-10,12,14,18H,6-8,11,13H2,1-5H3,(H,26,30)(H,27,29,31). The fraction of sp³-hybridized carbons (Fsp3) is 0.565. The maximum absolute atomic E-state index is 13.3. The molecule has 0 aliphatic heterocycles. The van der Waals surface area contributed by atoms with Gasteiger partial charge < -0.3 is 5.32 Å². The number of aromatic nitrogens is 2. The average molecular weight is 467 g/mol. The molecule has 2 unspecified atom stereocenters. The normalized spacial score (nSPS) is 13.5. The first kappa shape index (κ1) is 25.8. The molecule has 2 atom stereocenters. The first-order valence-corrected chi connectivity index (χ1v) is 11.6. The van der Waals surface area contributed by atoms with Crippen LogP contribution in [0.5, 0.6) is 0 Å². The highest BCUT2D eigenvalue weighted by molar-refractivity contribution is 7.15. The molecule has 1 heterocycles. The quantitative estimate of drug-likeness (QED) is 0.522. The lowest BCUT2D eigenvalue weighted by atomic mass is 9.84. The van der Waals surface area contributed by atoms with Crippen molar-refractivity contribution in [1.82, 2.24) is 15.5 Å². The molecule has 0 aliphatic carbocycles. The third kappa shape index (κ3) is 8.98. The Morgan fingerprint density at radius 2 is 1.78 bits per heavy atom. The summed E-state index contributed by atoms with van der Waals surface area (Å²) in [5.41, 5.74) is 0.429. The molecule has 0 saturated heterocycles. The highest BCUT2D eigenvalue weighted by Crippen LogP contribution is 2.28. The number of hydrogen-bond donors (Lipinski definition) is 2. The van der Waals surface area contributed by atoms with Crippen molar-refractivity contribution in [2.24, 2.45) is 11.3 Å². The van der Waals surface area contributed by atoms with E-state index in [1.807, 2.05) is 6.92 Å². The number of nitrogens with one attached hydrogen (secondary N) is 2. The van der Waals surface area contributed by atoms with Crippen LogP contribution in [-0.4, -0.2) is 28.1 Å². The van der Waals surface area contributed by atoms with Crippen LogP contribution >= 0.6 is 11.3 Å². The molecular formula is C23H32F2N4O2S. The van der Waals surface area contributed by atoms with Crippen LogP contribution in [0.15, 0.2) is 18.2 Å². The highest BCUT2D eigenvalue weighted by Gasteiger charge is 2.22. The Hall–Kier alpha value is -2.42. The second-order valence-corrected chi connectivity index (χ2v) is 10.5. The van der Waals surface area contributed by atoms with Gasteiger partial charge in [-0.15, -0.1) is 10.2 Å². The molecule has 0 saturated carbocycles. The van der Waals surface area contributed by atoms with Gasteiger partial charge in [-0.3, -0.25) is 14.9 Å². The number of amides is 2. The van der Waals surface area contributed by atoms with E-state index in [1.165, 1.54) is 11.3 Å². The van der Waals surface area contributed by atoms with Crippen LogP contribution in [0.2, 0.25) is 0 Å². The van der Waals surface area contributed by atoms with Gasteiger partial charge >= 0.3 is 0 Å². The van der Waals surface area contributed by atoms with Crippen LogP contribution in [0, 0.1) is 23.0 Å². The van der Waals surface area contributed by atoms with E-state index >= 15 is 0 Å². The SMILES string of the molecule is CCCC(NC(=O)Cc1cc(F)cc(F)c1)C(=O)Nc1nnc(CC(C)CC(C)(C)C)s1. The van der Waals surface area contributed by atoms with E-state index in [0.717, 1.165) is 36.0 Å². The molecule has 0 radical (unpaired) electrons. The van der Waals surface area contributed by atoms with E-state index in [2.05, 4.69) is 48.5 Å². The van der Waals surface area contributed by atoms with Gasteiger partial charge in [0.05, 0.1) is 6.42 Å². The Bertz CT molecular complexity index is 907. The van der Waals surface area contributed by atoms with Crippen LogP contribution in [-0.2, 0) is 22.4 Å². The summed E-state index contributed by atoms with van der Waals surface area (Å²) < 4.78 is 26.7. The molecule has 2 aromatic rings. The molecule has 2 N–H and O–H groups in total. The Morgan fingerprint density at radius 3 is 2.38 bits per heavy atom. The van der Waals surface area contributed by atoms with Crippen molar-refractivity contribution in [3.8, 4) is 0 Å². The fourth-order valence-corrected chi connectivity index (χ4v) is 4.60. The number of hydrogen-bond acceptors (Lipinski definition) is 5. The van der Waals surface area contributed by atoms with Gasteiger partial charge in [0.1, 0.15) is 22.7 Å². The van der Waals surface area contributed by atoms with Crippen LogP contribution in [0.1, 0.15) is 64.5 Å². The molecule has 1 aromatic carbocycles. The molecule has 6 nitrogen and oxygen atoms in total. The number of benzene rings is 1. The summed E-state index contributed by atoms with van der Waals surface area (Å²) in [4.78, 5) is 25.1. The Kier molecular flexibility index (Phi) is 9.24. The predicted molar refractivity (Wildman–Crippen MR) is 122 cm³/mol. The zero-order valence-corrected chi connectivity index (χ0v) is 20.1. The summed E-state index contributed by atoms with van der Waals surface area (Å²) >= 11 is 1.33. The summed E-state index contributed by atoms with van der Waals surface area (Å²) in [5.74, 6) is -1.95. The number of anilines is 1. The largest absolute Gasteiger partial charge is 0.344 e. The zero-order chi connectivity index (χ0) is 23.9. The topological polar surface area (TPSA) is 84.0 Å². The van der Waals surface area contributed by atoms with Crippen molar-refractivity contribution < 1.29 is 18.4 Å². The fourth-order valence-electron chi connectivity index (χ4n) is 3.70. The lowest BCUT2D eigenvalue weighted by molar-refractivity contribution is -0.126. The van der Waals surface area contributed by atoms with E-state index in [1.54, 1.807) is 0 Å². The summed E-state index contributed by atoms with van der Waals surface area (Å²) in [5, 5.41) is 14.8. The second-order valence-electron chi connectivity index (χ2n) is 9.43. The predicted octanol–water partition coefficient (Wildman–Crippen LogP) is 4.90. The molecule has 176 valence electrons. The molecule has 0 spiro atoms. The van der Waals surface area contributed by atoms with Gasteiger partial charge in [-0.2, -0.15) is 0 Å². The summed E-state index contributed by atoms with van der Waals surface area (Å²) in [6.07, 6.45) is 2.69. The van der Waals surface area contributed by atoms with Crippen molar-refractivity contribution in [1.29, 1.82) is 0 Å². The minimum absolute atomic E-state index is 0.203. The van der Waals surface area contributed by atoms with Gasteiger partial charge in [0.25, 0.3) is 0 Å². The van der Waals surface area contributed by atoms with E-state index in [0.29, 0.717) is 23.9 Å². The van der Waals surface area contributed by atoms with Crippen LogP contribution in [0.4, 0.5) is 13.9 Å². The molecule has 9 heteroatoms. The van der Waals surface area contributed by atoms with Crippen LogP contribution in [0.3, 0.4) is 0 Å². The molecule has 0 bridgehead atoms. The Morgan fingerprint density at radius 1 is 1.12 bits per heavy atom. The third-order valence-corrected chi connectivity index (χ3v) is 5.56. The van der Waals surface area contributed by atoms with Crippen molar-refractivity contribution in [2.45, 2.75) is 72.8 Å². The van der Waals surface area contributed by atoms with Gasteiger partial charge in [0.2, 0.25) is 16.9 Å². The van der Waals surface area contributed by atoms with E-state index in [9.17, 15) is 18.4 Å². The molecule has 32 heavy (non-hydrogen) atoms. The van der Waals surface area contributed by atoms with E-state index in [-0.39, 0.29) is 17.4 Å². The van der Waals surface area contributed by atoms with Gasteiger partial charge in [0.15, 0.2) is 0 Å². The van der Waals surface area contributed by atoms with Gasteiger partial charge in [-0.25, -0.2) is 8.78 Å². The lowest BCUT2D eigenvalue weighted by Crippen LogP contribution is -2.44. The molecule has 2 rings (SSSR count). The molecule has 0 aliphatic rings. The minimum Gasteiger partial charge on any atom is -0.344 e. The smallest absolute Gasteiger partial charge is 0.248 e. The summed E-state index contributed by atoms with van der Waals surface area (Å²) in [7, 11) is 0. The number of carbonyl (C=O) groups is 2. The van der Waals surface area contributed by atoms with Gasteiger partial charge in [-0.05, 0) is 41.9 Å². The first-order chi connectivity index (χ1) is 14.9. The summed E-state index contributed by atoms with van der Waals surface area (Å²) in [6, 6.07) is 2.16. The van der Waals surface area contributed by atoms with Crippen LogP contribution in [0.25, 0.3) is 0 Å². The maximum Gasteiger partial charge on any atom is 0.248 e. The molecule has 0 fully saturated rings. The second kappa shape index (κ2) is 11.4. The highest BCUT2D eigenvalue weighted by atomic mass is 32.1. The lowest BCUT2D eigenvalue weighted by Gasteiger charge is -2.22. The third-order valence-electron chi connectivity index (χ3n) is 4.70. The van der Waals surface area contributed by atoms with E-state index in [4.69, 9.17) is 0 Å². The Balaban J connectivity index is 1.95. The number of carbonyl (C=O) groups excluding carboxylic acids is 2. The molecule has 1 aromatic heterocycles. The minimum atomic E-state index is -0.780. The van der Waals surface area contributed by atoms with Gasteiger partial charge in [0, 0.05) is 12.5 Å². The van der Waals surface area contributed by atoms with Crippen molar-refractivity contribution in [3.63, 3.8) is 0 Å². The van der Waals surface area contributed by atoms with Crippen molar-refractivity contribution >= 4 is 28.3 Å². The first-order valence-electron chi connectivity index (χ1n) is 10.8.